The zero-order valence-corrected chi connectivity index (χ0v) is 16.1. The summed E-state index contributed by atoms with van der Waals surface area (Å²) in [5, 5.41) is 23.2. The molecule has 0 spiro atoms. The molecule has 0 saturated carbocycles. The third-order valence-corrected chi connectivity index (χ3v) is 3.64. The average molecular weight is 406 g/mol. The number of hydrazine groups is 1. The Morgan fingerprint density at radius 2 is 1.93 bits per heavy atom. The second kappa shape index (κ2) is 12.3. The molecule has 1 amide bonds. The normalized spacial score (nSPS) is 11.4. The van der Waals surface area contributed by atoms with Gasteiger partial charge in [0.05, 0.1) is 7.11 Å². The molecule has 0 aliphatic rings. The highest BCUT2D eigenvalue weighted by molar-refractivity contribution is 5.77. The number of ether oxygens (including phenoxy) is 3. The number of aliphatic hydroxyl groups excluding tert-OH is 1. The Morgan fingerprint density at radius 1 is 1.14 bits per heavy atom. The van der Waals surface area contributed by atoms with E-state index in [0.717, 1.165) is 0 Å². The van der Waals surface area contributed by atoms with Crippen LogP contribution in [-0.4, -0.2) is 67.3 Å². The number of hydrogen-bond acceptors (Lipinski definition) is 10. The first-order valence-corrected chi connectivity index (χ1v) is 8.96. The van der Waals surface area contributed by atoms with Gasteiger partial charge in [-0.1, -0.05) is 12.1 Å². The van der Waals surface area contributed by atoms with Crippen LogP contribution in [0.5, 0.6) is 17.4 Å². The van der Waals surface area contributed by atoms with E-state index in [2.05, 4.69) is 26.3 Å². The number of carbonyl (C=O) groups excluding carboxylic acids is 1. The van der Waals surface area contributed by atoms with Crippen LogP contribution in [0.1, 0.15) is 0 Å². The first-order valence-electron chi connectivity index (χ1n) is 8.96. The number of nitrogens with two attached hydrogens (primary N) is 1. The second-order valence-electron chi connectivity index (χ2n) is 5.86. The van der Waals surface area contributed by atoms with Gasteiger partial charge in [0.25, 0.3) is 5.91 Å². The summed E-state index contributed by atoms with van der Waals surface area (Å²) in [6.07, 6.45) is -0.705. The molecule has 29 heavy (non-hydrogen) atoms. The van der Waals surface area contributed by atoms with Gasteiger partial charge in [-0.15, -0.1) is 10.2 Å². The number of aromatic nitrogens is 2. The number of nitrogens with zero attached hydrogens (tertiary/aromatic N) is 2. The van der Waals surface area contributed by atoms with E-state index >= 15 is 0 Å². The molecule has 0 aliphatic carbocycles. The van der Waals surface area contributed by atoms with E-state index < -0.39 is 6.10 Å². The van der Waals surface area contributed by atoms with E-state index in [-0.39, 0.29) is 25.0 Å². The van der Waals surface area contributed by atoms with Gasteiger partial charge in [-0.2, -0.15) is 0 Å². The lowest BCUT2D eigenvalue weighted by Crippen LogP contribution is -2.38. The molecule has 0 saturated heterocycles. The molecule has 0 fully saturated rings. The molecule has 6 N–H and O–H groups in total. The molecule has 1 aromatic heterocycles. The number of para-hydroxylation sites is 2. The number of aliphatic hydroxyl groups is 1. The fourth-order valence-electron chi connectivity index (χ4n) is 2.21. The van der Waals surface area contributed by atoms with Crippen LogP contribution in [-0.2, 0) is 4.79 Å². The van der Waals surface area contributed by atoms with Gasteiger partial charge in [0, 0.05) is 25.7 Å². The Hall–Kier alpha value is -3.15. The van der Waals surface area contributed by atoms with Crippen LogP contribution in [0, 0.1) is 0 Å². The topological polar surface area (TPSA) is 153 Å². The molecule has 2 rings (SSSR count). The van der Waals surface area contributed by atoms with Gasteiger partial charge in [-0.25, -0.2) is 5.84 Å². The van der Waals surface area contributed by atoms with Gasteiger partial charge in [-0.05, 0) is 18.2 Å². The predicted octanol–water partition coefficient (Wildman–Crippen LogP) is -0.705. The number of rotatable bonds is 13. The monoisotopic (exact) mass is 406 g/mol. The predicted molar refractivity (Wildman–Crippen MR) is 106 cm³/mol. The summed E-state index contributed by atoms with van der Waals surface area (Å²) in [4.78, 5) is 11.7. The van der Waals surface area contributed by atoms with E-state index in [9.17, 15) is 9.90 Å². The number of nitrogen functional groups attached to an aromatic ring is 1. The molecule has 11 nitrogen and oxygen atoms in total. The van der Waals surface area contributed by atoms with E-state index in [1.807, 2.05) is 12.1 Å². The van der Waals surface area contributed by atoms with E-state index in [4.69, 9.17) is 20.1 Å². The van der Waals surface area contributed by atoms with Crippen molar-refractivity contribution in [2.24, 2.45) is 5.84 Å². The van der Waals surface area contributed by atoms with Crippen molar-refractivity contribution in [3.8, 4) is 17.4 Å². The highest BCUT2D eigenvalue weighted by atomic mass is 16.5. The van der Waals surface area contributed by atoms with Crippen molar-refractivity contribution in [2.75, 3.05) is 45.4 Å². The zero-order chi connectivity index (χ0) is 20.9. The van der Waals surface area contributed by atoms with Gasteiger partial charge in [0.2, 0.25) is 5.88 Å². The molecule has 0 radical (unpaired) electrons. The molecule has 0 aliphatic heterocycles. The lowest BCUT2D eigenvalue weighted by atomic mass is 10.3. The highest BCUT2D eigenvalue weighted by Crippen LogP contribution is 2.25. The second-order valence-corrected chi connectivity index (χ2v) is 5.86. The van der Waals surface area contributed by atoms with Crippen LogP contribution in [0.3, 0.4) is 0 Å². The lowest BCUT2D eigenvalue weighted by Gasteiger charge is -2.15. The van der Waals surface area contributed by atoms with Crippen molar-refractivity contribution in [3.05, 3.63) is 36.4 Å². The van der Waals surface area contributed by atoms with Crippen molar-refractivity contribution in [2.45, 2.75) is 6.10 Å². The number of nitrogens with one attached hydrogen (secondary N) is 3. The van der Waals surface area contributed by atoms with Gasteiger partial charge in [0.15, 0.2) is 23.9 Å². The van der Waals surface area contributed by atoms with Crippen LogP contribution >= 0.6 is 0 Å². The van der Waals surface area contributed by atoms with Crippen molar-refractivity contribution < 1.29 is 24.1 Å². The first-order chi connectivity index (χ1) is 14.1. The number of amides is 1. The van der Waals surface area contributed by atoms with Crippen LogP contribution in [0.15, 0.2) is 36.4 Å². The van der Waals surface area contributed by atoms with Crippen LogP contribution in [0.25, 0.3) is 0 Å². The van der Waals surface area contributed by atoms with Crippen LogP contribution in [0.2, 0.25) is 0 Å². The molecule has 1 heterocycles. The molecule has 2 aromatic rings. The van der Waals surface area contributed by atoms with E-state index in [1.54, 1.807) is 31.4 Å². The molecule has 1 unspecified atom stereocenters. The standard InChI is InChI=1S/C18H26N6O5/c1-27-14-4-2-3-5-15(14)28-11-13(25)10-20-8-9-21-17(26)12-29-18-7-6-16(22-19)23-24-18/h2-7,13,20,25H,8-12,19H2,1H3,(H,21,26)(H,22,23). The molecule has 158 valence electrons. The molecule has 1 atom stereocenters. The van der Waals surface area contributed by atoms with Crippen molar-refractivity contribution >= 4 is 11.7 Å². The molecule has 1 aromatic carbocycles. The van der Waals surface area contributed by atoms with Crippen molar-refractivity contribution in [1.29, 1.82) is 0 Å². The van der Waals surface area contributed by atoms with E-state index in [1.165, 1.54) is 0 Å². The number of hydrogen-bond donors (Lipinski definition) is 5. The highest BCUT2D eigenvalue weighted by Gasteiger charge is 2.08. The summed E-state index contributed by atoms with van der Waals surface area (Å²) < 4.78 is 15.9. The lowest BCUT2D eigenvalue weighted by molar-refractivity contribution is -0.123. The maximum Gasteiger partial charge on any atom is 0.258 e. The number of benzene rings is 1. The largest absolute Gasteiger partial charge is 0.493 e. The van der Waals surface area contributed by atoms with Gasteiger partial charge in [0.1, 0.15) is 12.7 Å². The summed E-state index contributed by atoms with van der Waals surface area (Å²) in [6, 6.07) is 10.3. The Bertz CT molecular complexity index is 746. The zero-order valence-electron chi connectivity index (χ0n) is 16.1. The minimum atomic E-state index is -0.705. The van der Waals surface area contributed by atoms with E-state index in [0.29, 0.717) is 37.0 Å². The minimum Gasteiger partial charge on any atom is -0.493 e. The summed E-state index contributed by atoms with van der Waals surface area (Å²) in [7, 11) is 1.56. The SMILES string of the molecule is COc1ccccc1OCC(O)CNCCNC(=O)COc1ccc(NN)nn1. The number of anilines is 1. The number of methoxy groups -OCH3 is 1. The third-order valence-electron chi connectivity index (χ3n) is 3.64. The van der Waals surface area contributed by atoms with Gasteiger partial charge in [-0.3, -0.25) is 4.79 Å². The summed E-state index contributed by atoms with van der Waals surface area (Å²) >= 11 is 0. The quantitative estimate of drug-likeness (QED) is 0.164. The molecule has 11 heteroatoms. The smallest absolute Gasteiger partial charge is 0.258 e. The Morgan fingerprint density at radius 3 is 2.62 bits per heavy atom. The molecule has 0 bridgehead atoms. The number of carbonyl (C=O) groups is 1. The van der Waals surface area contributed by atoms with Crippen molar-refractivity contribution in [3.63, 3.8) is 0 Å². The first kappa shape index (κ1) is 22.1. The Balaban J connectivity index is 1.53. The molecular formula is C18H26N6O5. The van der Waals surface area contributed by atoms with Gasteiger partial charge >= 0.3 is 0 Å². The summed E-state index contributed by atoms with van der Waals surface area (Å²) in [6.45, 7) is 1.11. The molecular weight excluding hydrogens is 380 g/mol. The maximum absolute atomic E-state index is 11.7. The fourth-order valence-corrected chi connectivity index (χ4v) is 2.21. The minimum absolute atomic E-state index is 0.118. The van der Waals surface area contributed by atoms with Gasteiger partial charge < -0.3 is 35.4 Å². The van der Waals surface area contributed by atoms with Crippen molar-refractivity contribution in [1.82, 2.24) is 20.8 Å². The van der Waals surface area contributed by atoms with Crippen LogP contribution < -0.4 is 36.1 Å². The van der Waals surface area contributed by atoms with Crippen LogP contribution in [0.4, 0.5) is 5.82 Å². The fraction of sp³-hybridized carbons (Fsp3) is 0.389. The Kier molecular flexibility index (Phi) is 9.42. The third kappa shape index (κ3) is 8.17. The summed E-state index contributed by atoms with van der Waals surface area (Å²) in [5.74, 6) is 6.67. The Labute approximate surface area is 168 Å². The summed E-state index contributed by atoms with van der Waals surface area (Å²) in [5.41, 5.74) is 2.34. The maximum atomic E-state index is 11.7. The average Bonchev–Trinajstić information content (AvgIpc) is 2.76.